The molecular weight excluding hydrogens is 248 g/mol. The molecule has 1 N–H and O–H groups in total. The van der Waals surface area contributed by atoms with Crippen LogP contribution < -0.4 is 5.32 Å². The van der Waals surface area contributed by atoms with Crippen LogP contribution in [-0.2, 0) is 6.54 Å². The number of benzene rings is 1. The Bertz CT molecular complexity index is 538. The zero-order chi connectivity index (χ0) is 13.8. The van der Waals surface area contributed by atoms with Gasteiger partial charge in [0.15, 0.2) is 0 Å². The lowest BCUT2D eigenvalue weighted by Gasteiger charge is -2.16. The molecule has 102 valence electrons. The Morgan fingerprint density at radius 2 is 2.11 bits per heavy atom. The second-order valence-corrected chi connectivity index (χ2v) is 4.60. The van der Waals surface area contributed by atoms with Crippen molar-refractivity contribution in [2.45, 2.75) is 26.4 Å². The predicted molar refractivity (Wildman–Crippen MR) is 69.7 cm³/mol. The lowest BCUT2D eigenvalue weighted by molar-refractivity contribution is 0.498. The molecule has 0 aliphatic heterocycles. The van der Waals surface area contributed by atoms with Crippen LogP contribution in [0.15, 0.2) is 30.9 Å². The van der Waals surface area contributed by atoms with Gasteiger partial charge in [0.2, 0.25) is 0 Å². The SMILES string of the molecule is Cc1cc(F)c(C(C)NCCn2ccnc2)cc1F. The molecule has 2 rings (SSSR count). The summed E-state index contributed by atoms with van der Waals surface area (Å²) in [4.78, 5) is 3.94. The van der Waals surface area contributed by atoms with Gasteiger partial charge in [0.05, 0.1) is 6.33 Å². The van der Waals surface area contributed by atoms with E-state index in [0.717, 1.165) is 6.54 Å². The summed E-state index contributed by atoms with van der Waals surface area (Å²) in [5.41, 5.74) is 0.681. The van der Waals surface area contributed by atoms with Crippen molar-refractivity contribution in [1.82, 2.24) is 14.9 Å². The molecule has 0 bridgehead atoms. The van der Waals surface area contributed by atoms with Gasteiger partial charge in [-0.05, 0) is 31.5 Å². The maximum atomic E-state index is 13.8. The summed E-state index contributed by atoms with van der Waals surface area (Å²) in [5.74, 6) is -0.749. The maximum Gasteiger partial charge on any atom is 0.128 e. The molecule has 2 aromatic rings. The molecule has 1 atom stereocenters. The quantitative estimate of drug-likeness (QED) is 0.901. The first kappa shape index (κ1) is 13.7. The van der Waals surface area contributed by atoms with Crippen LogP contribution >= 0.6 is 0 Å². The molecule has 5 heteroatoms. The van der Waals surface area contributed by atoms with Crippen molar-refractivity contribution < 1.29 is 8.78 Å². The summed E-state index contributed by atoms with van der Waals surface area (Å²) in [6.07, 6.45) is 5.29. The average Bonchev–Trinajstić information content (AvgIpc) is 2.86. The molecule has 0 saturated heterocycles. The summed E-state index contributed by atoms with van der Waals surface area (Å²) >= 11 is 0. The molecule has 1 unspecified atom stereocenters. The number of hydrogen-bond donors (Lipinski definition) is 1. The molecule has 0 aliphatic rings. The van der Waals surface area contributed by atoms with Crippen LogP contribution in [0.1, 0.15) is 24.1 Å². The second kappa shape index (κ2) is 5.93. The van der Waals surface area contributed by atoms with E-state index in [1.165, 1.54) is 12.1 Å². The van der Waals surface area contributed by atoms with E-state index >= 15 is 0 Å². The van der Waals surface area contributed by atoms with Gasteiger partial charge in [-0.3, -0.25) is 0 Å². The van der Waals surface area contributed by atoms with E-state index in [4.69, 9.17) is 0 Å². The highest BCUT2D eigenvalue weighted by molar-refractivity contribution is 5.27. The van der Waals surface area contributed by atoms with E-state index in [0.29, 0.717) is 17.7 Å². The van der Waals surface area contributed by atoms with Gasteiger partial charge >= 0.3 is 0 Å². The first-order chi connectivity index (χ1) is 9.08. The van der Waals surface area contributed by atoms with Crippen molar-refractivity contribution in [3.8, 4) is 0 Å². The summed E-state index contributed by atoms with van der Waals surface area (Å²) in [5, 5.41) is 3.17. The highest BCUT2D eigenvalue weighted by atomic mass is 19.1. The third-order valence-corrected chi connectivity index (χ3v) is 3.12. The third kappa shape index (κ3) is 3.38. The van der Waals surface area contributed by atoms with Gasteiger partial charge in [0.1, 0.15) is 11.6 Å². The average molecular weight is 265 g/mol. The fraction of sp³-hybridized carbons (Fsp3) is 0.357. The Kier molecular flexibility index (Phi) is 4.27. The zero-order valence-electron chi connectivity index (χ0n) is 11.0. The Labute approximate surface area is 111 Å². The van der Waals surface area contributed by atoms with Crippen molar-refractivity contribution in [3.05, 3.63) is 53.6 Å². The molecule has 3 nitrogen and oxygen atoms in total. The highest BCUT2D eigenvalue weighted by Crippen LogP contribution is 2.20. The molecule has 0 spiro atoms. The summed E-state index contributed by atoms with van der Waals surface area (Å²) in [7, 11) is 0. The molecule has 1 aromatic heterocycles. The molecule has 19 heavy (non-hydrogen) atoms. The molecule has 0 fully saturated rings. The number of rotatable bonds is 5. The second-order valence-electron chi connectivity index (χ2n) is 4.60. The van der Waals surface area contributed by atoms with E-state index < -0.39 is 0 Å². The molecule has 1 heterocycles. The highest BCUT2D eigenvalue weighted by Gasteiger charge is 2.13. The molecule has 0 aliphatic carbocycles. The molecule has 0 radical (unpaired) electrons. The van der Waals surface area contributed by atoms with Gasteiger partial charge < -0.3 is 9.88 Å². The summed E-state index contributed by atoms with van der Waals surface area (Å²) < 4.78 is 29.1. The maximum absolute atomic E-state index is 13.8. The fourth-order valence-electron chi connectivity index (χ4n) is 1.93. The number of aromatic nitrogens is 2. The number of aryl methyl sites for hydroxylation is 1. The molecule has 1 aromatic carbocycles. The minimum Gasteiger partial charge on any atom is -0.336 e. The Hall–Kier alpha value is -1.75. The van der Waals surface area contributed by atoms with E-state index in [1.54, 1.807) is 19.4 Å². The van der Waals surface area contributed by atoms with Gasteiger partial charge in [-0.1, -0.05) is 0 Å². The van der Waals surface area contributed by atoms with Gasteiger partial charge in [-0.2, -0.15) is 0 Å². The first-order valence-electron chi connectivity index (χ1n) is 6.22. The smallest absolute Gasteiger partial charge is 0.128 e. The zero-order valence-corrected chi connectivity index (χ0v) is 11.0. The van der Waals surface area contributed by atoms with Crippen LogP contribution in [0, 0.1) is 18.6 Å². The summed E-state index contributed by atoms with van der Waals surface area (Å²) in [6, 6.07) is 2.26. The van der Waals surface area contributed by atoms with Crippen LogP contribution in [0.25, 0.3) is 0 Å². The lowest BCUT2D eigenvalue weighted by Crippen LogP contribution is -2.24. The van der Waals surface area contributed by atoms with Crippen molar-refractivity contribution in [1.29, 1.82) is 0 Å². The van der Waals surface area contributed by atoms with Gasteiger partial charge in [0.25, 0.3) is 0 Å². The van der Waals surface area contributed by atoms with E-state index in [2.05, 4.69) is 10.3 Å². The van der Waals surface area contributed by atoms with Crippen molar-refractivity contribution >= 4 is 0 Å². The summed E-state index contributed by atoms with van der Waals surface area (Å²) in [6.45, 7) is 4.77. The normalized spacial score (nSPS) is 12.6. The number of imidazole rings is 1. The Balaban J connectivity index is 1.96. The van der Waals surface area contributed by atoms with Gasteiger partial charge in [0, 0.05) is 37.1 Å². The van der Waals surface area contributed by atoms with Crippen LogP contribution in [0.2, 0.25) is 0 Å². The van der Waals surface area contributed by atoms with Gasteiger partial charge in [-0.25, -0.2) is 13.8 Å². The number of nitrogens with one attached hydrogen (secondary N) is 1. The number of halogens is 2. The Morgan fingerprint density at radius 3 is 2.79 bits per heavy atom. The van der Waals surface area contributed by atoms with E-state index in [9.17, 15) is 8.78 Å². The van der Waals surface area contributed by atoms with E-state index in [1.807, 2.05) is 17.7 Å². The lowest BCUT2D eigenvalue weighted by atomic mass is 10.1. The van der Waals surface area contributed by atoms with Crippen LogP contribution in [0.4, 0.5) is 8.78 Å². The first-order valence-corrected chi connectivity index (χ1v) is 6.22. The third-order valence-electron chi connectivity index (χ3n) is 3.12. The van der Waals surface area contributed by atoms with Crippen LogP contribution in [0.5, 0.6) is 0 Å². The molecule has 0 amide bonds. The van der Waals surface area contributed by atoms with Crippen LogP contribution in [0.3, 0.4) is 0 Å². The minimum absolute atomic E-state index is 0.237. The van der Waals surface area contributed by atoms with Crippen molar-refractivity contribution in [3.63, 3.8) is 0 Å². The van der Waals surface area contributed by atoms with Crippen molar-refractivity contribution in [2.24, 2.45) is 0 Å². The molecular formula is C14H17F2N3. The minimum atomic E-state index is -0.375. The van der Waals surface area contributed by atoms with Gasteiger partial charge in [-0.15, -0.1) is 0 Å². The van der Waals surface area contributed by atoms with E-state index in [-0.39, 0.29) is 17.7 Å². The fourth-order valence-corrected chi connectivity index (χ4v) is 1.93. The number of nitrogens with zero attached hydrogens (tertiary/aromatic N) is 2. The molecule has 0 saturated carbocycles. The monoisotopic (exact) mass is 265 g/mol. The predicted octanol–water partition coefficient (Wildman–Crippen LogP) is 2.82. The Morgan fingerprint density at radius 1 is 1.32 bits per heavy atom. The van der Waals surface area contributed by atoms with Crippen molar-refractivity contribution in [2.75, 3.05) is 6.54 Å². The topological polar surface area (TPSA) is 29.9 Å². The largest absolute Gasteiger partial charge is 0.336 e. The number of hydrogen-bond acceptors (Lipinski definition) is 2. The van der Waals surface area contributed by atoms with Crippen LogP contribution in [-0.4, -0.2) is 16.1 Å². The standard InChI is InChI=1S/C14H17F2N3/c1-10-7-14(16)12(8-13(10)15)11(2)18-4-6-19-5-3-17-9-19/h3,5,7-9,11,18H,4,6H2,1-2H3.